The molecule has 2 saturated heterocycles. The average molecular weight is 735 g/mol. The van der Waals surface area contributed by atoms with E-state index < -0.39 is 21.2 Å². The summed E-state index contributed by atoms with van der Waals surface area (Å²) in [4.78, 5) is 24.3. The van der Waals surface area contributed by atoms with E-state index in [0.717, 1.165) is 70.4 Å². The molecule has 0 aliphatic carbocycles. The number of fused-ring (bicyclic) bond motifs is 1. The van der Waals surface area contributed by atoms with E-state index in [2.05, 4.69) is 52.3 Å². The van der Waals surface area contributed by atoms with Gasteiger partial charge in [0.2, 0.25) is 5.95 Å². The third-order valence-corrected chi connectivity index (χ3v) is 11.0. The van der Waals surface area contributed by atoms with Gasteiger partial charge in [-0.05, 0) is 50.6 Å². The van der Waals surface area contributed by atoms with Crippen LogP contribution in [0.3, 0.4) is 0 Å². The van der Waals surface area contributed by atoms with Crippen molar-refractivity contribution >= 4 is 67.2 Å². The minimum absolute atomic E-state index is 0.00185. The zero-order chi connectivity index (χ0) is 35.8. The number of nitrogens with zero attached hydrogens (tertiary/aromatic N) is 8. The summed E-state index contributed by atoms with van der Waals surface area (Å²) in [7, 11) is -1.27. The number of piperazine rings is 1. The van der Waals surface area contributed by atoms with Crippen LogP contribution in [0.25, 0.3) is 11.0 Å². The molecule has 0 bridgehead atoms. The van der Waals surface area contributed by atoms with E-state index in [9.17, 15) is 21.6 Å². The van der Waals surface area contributed by atoms with Crippen molar-refractivity contribution in [3.05, 3.63) is 53.4 Å². The highest BCUT2D eigenvalue weighted by molar-refractivity contribution is 7.93. The fourth-order valence-corrected chi connectivity index (χ4v) is 7.30. The predicted molar refractivity (Wildman–Crippen MR) is 189 cm³/mol. The number of alkyl halides is 3. The lowest BCUT2D eigenvalue weighted by Crippen LogP contribution is -2.52. The number of methoxy groups -OCH3 is 1. The first kappa shape index (κ1) is 35.6. The number of sulfonamides is 1. The van der Waals surface area contributed by atoms with Gasteiger partial charge in [0.25, 0.3) is 0 Å². The molecule has 2 N–H and O–H groups in total. The number of benzene rings is 2. The summed E-state index contributed by atoms with van der Waals surface area (Å²) in [6, 6.07) is 7.38. The quantitative estimate of drug-likeness (QED) is 0.229. The first-order valence-electron chi connectivity index (χ1n) is 16.0. The van der Waals surface area contributed by atoms with E-state index in [4.69, 9.17) is 16.3 Å². The molecule has 2 aliphatic heterocycles. The number of rotatable bonds is 9. The highest BCUT2D eigenvalue weighted by Crippen LogP contribution is 2.40. The number of ether oxygens (including phenoxy) is 1. The second-order valence-electron chi connectivity index (χ2n) is 12.3. The fourth-order valence-electron chi connectivity index (χ4n) is 6.42. The standard InChI is InChI=1S/C32H38ClF3N10O3S/c1-20-17-25(27(49-4)18-26(20)46-11-7-21(8-12-46)45-15-13-43(2)14-16-45)41-31-39-19-22(33)30(42-31)40-24-6-5-23-28(38-10-9-37-23)29(24)44(3)50(47,48)32(34,35)36/h5-6,9-10,17-19,21H,7-8,11-16H2,1-4H3,(H2,39,40,41,42). The van der Waals surface area contributed by atoms with Crippen LogP contribution in [0.15, 0.2) is 42.9 Å². The van der Waals surface area contributed by atoms with E-state index in [1.807, 2.05) is 19.1 Å². The molecule has 18 heteroatoms. The van der Waals surface area contributed by atoms with Crippen LogP contribution in [0.2, 0.25) is 5.02 Å². The molecule has 2 aromatic heterocycles. The van der Waals surface area contributed by atoms with Gasteiger partial charge >= 0.3 is 15.5 Å². The van der Waals surface area contributed by atoms with Crippen molar-refractivity contribution in [2.45, 2.75) is 31.3 Å². The summed E-state index contributed by atoms with van der Waals surface area (Å²) in [6.45, 7) is 8.31. The van der Waals surface area contributed by atoms with Crippen molar-refractivity contribution in [3.8, 4) is 5.75 Å². The molecule has 4 aromatic rings. The Balaban J connectivity index is 1.24. The summed E-state index contributed by atoms with van der Waals surface area (Å²) < 4.78 is 71.7. The fraction of sp³-hybridized carbons (Fsp3) is 0.438. The van der Waals surface area contributed by atoms with Gasteiger partial charge in [0.15, 0.2) is 5.82 Å². The lowest BCUT2D eigenvalue weighted by atomic mass is 10.0. The van der Waals surface area contributed by atoms with Gasteiger partial charge in [-0.2, -0.15) is 26.6 Å². The largest absolute Gasteiger partial charge is 0.516 e. The van der Waals surface area contributed by atoms with Gasteiger partial charge in [0.05, 0.1) is 30.2 Å². The van der Waals surface area contributed by atoms with Crippen LogP contribution < -0.4 is 24.6 Å². The number of piperidine rings is 1. The van der Waals surface area contributed by atoms with Crippen molar-refractivity contribution in [2.24, 2.45) is 0 Å². The summed E-state index contributed by atoms with van der Waals surface area (Å²) in [5.74, 6) is 0.671. The van der Waals surface area contributed by atoms with Crippen LogP contribution in [-0.2, 0) is 10.0 Å². The Hall–Kier alpha value is -4.19. The molecule has 2 fully saturated rings. The molecular weight excluding hydrogens is 697 g/mol. The normalized spacial score (nSPS) is 16.8. The van der Waals surface area contributed by atoms with Crippen molar-refractivity contribution < 1.29 is 26.3 Å². The van der Waals surface area contributed by atoms with Crippen LogP contribution in [0.4, 0.5) is 47.7 Å². The molecule has 6 rings (SSSR count). The first-order chi connectivity index (χ1) is 23.8. The molecule has 0 spiro atoms. The van der Waals surface area contributed by atoms with Gasteiger partial charge in [-0.3, -0.25) is 19.2 Å². The van der Waals surface area contributed by atoms with Crippen molar-refractivity contribution in [2.75, 3.05) is 80.3 Å². The number of aromatic nitrogens is 4. The summed E-state index contributed by atoms with van der Waals surface area (Å²) in [6.07, 6.45) is 6.08. The third kappa shape index (κ3) is 7.17. The van der Waals surface area contributed by atoms with Gasteiger partial charge in [0, 0.05) is 76.5 Å². The number of hydrogen-bond donors (Lipinski definition) is 2. The highest BCUT2D eigenvalue weighted by Gasteiger charge is 2.50. The first-order valence-corrected chi connectivity index (χ1v) is 17.8. The van der Waals surface area contributed by atoms with Gasteiger partial charge in [-0.15, -0.1) is 0 Å². The Labute approximate surface area is 293 Å². The van der Waals surface area contributed by atoms with E-state index in [1.54, 1.807) is 7.11 Å². The summed E-state index contributed by atoms with van der Waals surface area (Å²) >= 11 is 6.43. The van der Waals surface area contributed by atoms with E-state index in [-0.39, 0.29) is 37.8 Å². The molecule has 4 heterocycles. The second-order valence-corrected chi connectivity index (χ2v) is 14.7. The van der Waals surface area contributed by atoms with Crippen LogP contribution >= 0.6 is 11.6 Å². The summed E-state index contributed by atoms with van der Waals surface area (Å²) in [5.41, 5.74) is -3.23. The predicted octanol–water partition coefficient (Wildman–Crippen LogP) is 5.38. The Morgan fingerprint density at radius 3 is 2.36 bits per heavy atom. The lowest BCUT2D eigenvalue weighted by Gasteiger charge is -2.43. The van der Waals surface area contributed by atoms with Crippen molar-refractivity contribution in [1.29, 1.82) is 0 Å². The maximum atomic E-state index is 13.6. The van der Waals surface area contributed by atoms with Gasteiger partial charge < -0.3 is 25.2 Å². The molecular formula is C32H38ClF3N10O3S. The minimum Gasteiger partial charge on any atom is -0.494 e. The number of hydrogen-bond acceptors (Lipinski definition) is 12. The molecule has 2 aromatic carbocycles. The molecule has 268 valence electrons. The Morgan fingerprint density at radius 1 is 0.980 bits per heavy atom. The van der Waals surface area contributed by atoms with Crippen LogP contribution in [0.5, 0.6) is 5.75 Å². The SMILES string of the molecule is COc1cc(N2CCC(N3CCN(C)CC3)CC2)c(C)cc1Nc1ncc(Cl)c(Nc2ccc3nccnc3c2N(C)S(=O)(=O)C(F)(F)F)n1. The number of halogens is 4. The molecule has 50 heavy (non-hydrogen) atoms. The van der Waals surface area contributed by atoms with E-state index in [0.29, 0.717) is 17.5 Å². The van der Waals surface area contributed by atoms with Crippen LogP contribution in [0.1, 0.15) is 18.4 Å². The van der Waals surface area contributed by atoms with Gasteiger partial charge in [-0.1, -0.05) is 11.6 Å². The van der Waals surface area contributed by atoms with Crippen molar-refractivity contribution in [3.63, 3.8) is 0 Å². The molecule has 0 unspecified atom stereocenters. The van der Waals surface area contributed by atoms with E-state index >= 15 is 0 Å². The zero-order valence-corrected chi connectivity index (χ0v) is 29.6. The van der Waals surface area contributed by atoms with Crippen molar-refractivity contribution in [1.82, 2.24) is 29.7 Å². The number of likely N-dealkylation sites (N-methyl/N-ethyl adjacent to an activating group) is 1. The molecule has 0 saturated carbocycles. The summed E-state index contributed by atoms with van der Waals surface area (Å²) in [5, 5.41) is 6.07. The lowest BCUT2D eigenvalue weighted by molar-refractivity contribution is -0.0436. The van der Waals surface area contributed by atoms with E-state index in [1.165, 1.54) is 30.7 Å². The topological polar surface area (TPSA) is 132 Å². The molecule has 0 radical (unpaired) electrons. The van der Waals surface area contributed by atoms with Crippen LogP contribution in [-0.4, -0.2) is 110 Å². The smallest absolute Gasteiger partial charge is 0.494 e. The second kappa shape index (κ2) is 14.2. The number of aryl methyl sites for hydroxylation is 1. The molecule has 13 nitrogen and oxygen atoms in total. The maximum Gasteiger partial charge on any atom is 0.516 e. The molecule has 0 amide bonds. The number of anilines is 6. The number of nitrogens with one attached hydrogen (secondary N) is 2. The monoisotopic (exact) mass is 734 g/mol. The van der Waals surface area contributed by atoms with Gasteiger partial charge in [0.1, 0.15) is 22.0 Å². The Morgan fingerprint density at radius 2 is 1.68 bits per heavy atom. The maximum absolute atomic E-state index is 13.6. The molecule has 2 aliphatic rings. The molecule has 0 atom stereocenters. The van der Waals surface area contributed by atoms with Gasteiger partial charge in [-0.25, -0.2) is 4.98 Å². The highest BCUT2D eigenvalue weighted by atomic mass is 35.5. The minimum atomic E-state index is -5.80. The van der Waals surface area contributed by atoms with Crippen LogP contribution in [0, 0.1) is 6.92 Å². The third-order valence-electron chi connectivity index (χ3n) is 9.20. The zero-order valence-electron chi connectivity index (χ0n) is 28.0. The average Bonchev–Trinajstić information content (AvgIpc) is 3.09. The Kier molecular flexibility index (Phi) is 10.1. The Bertz CT molecular complexity index is 1970.